The van der Waals surface area contributed by atoms with E-state index in [0.29, 0.717) is 37.3 Å². The number of rotatable bonds is 3. The molecule has 1 aliphatic heterocycles. The van der Waals surface area contributed by atoms with E-state index in [1.54, 1.807) is 6.20 Å². The van der Waals surface area contributed by atoms with Gasteiger partial charge in [-0.3, -0.25) is 9.59 Å². The average Bonchev–Trinajstić information content (AvgIpc) is 2.62. The van der Waals surface area contributed by atoms with Crippen molar-refractivity contribution in [3.8, 4) is 0 Å². The summed E-state index contributed by atoms with van der Waals surface area (Å²) in [5.41, 5.74) is 1.73. The summed E-state index contributed by atoms with van der Waals surface area (Å²) >= 11 is 3.37. The first-order chi connectivity index (χ1) is 12.0. The van der Waals surface area contributed by atoms with Crippen LogP contribution in [-0.2, 0) is 4.79 Å². The lowest BCUT2D eigenvalue weighted by atomic mass is 9.95. The Kier molecular flexibility index (Phi) is 5.48. The predicted octanol–water partition coefficient (Wildman–Crippen LogP) is 3.64. The number of carbonyl (C=O) groups excluding carboxylic acids is 2. The number of halogens is 1. The predicted molar refractivity (Wildman–Crippen MR) is 100 cm³/mol. The van der Waals surface area contributed by atoms with Crippen molar-refractivity contribution in [1.82, 2.24) is 9.88 Å². The summed E-state index contributed by atoms with van der Waals surface area (Å²) in [5.74, 6) is 0.496. The van der Waals surface area contributed by atoms with Crippen LogP contribution in [0.2, 0.25) is 0 Å². The molecule has 0 spiro atoms. The van der Waals surface area contributed by atoms with Gasteiger partial charge in [-0.05, 0) is 61.7 Å². The molecule has 1 aromatic carbocycles. The Hall–Kier alpha value is -2.21. The summed E-state index contributed by atoms with van der Waals surface area (Å²) in [7, 11) is 0. The SMILES string of the molecule is Cc1ccnc(NC(=O)C2CCN(C(=O)c3ccc(Br)cc3)CC2)c1. The van der Waals surface area contributed by atoms with Crippen molar-refractivity contribution in [2.45, 2.75) is 19.8 Å². The summed E-state index contributed by atoms with van der Waals surface area (Å²) in [4.78, 5) is 30.9. The van der Waals surface area contributed by atoms with Crippen molar-refractivity contribution in [2.75, 3.05) is 18.4 Å². The van der Waals surface area contributed by atoms with Gasteiger partial charge in [0.25, 0.3) is 5.91 Å². The highest BCUT2D eigenvalue weighted by Gasteiger charge is 2.28. The van der Waals surface area contributed by atoms with E-state index in [0.717, 1.165) is 10.0 Å². The van der Waals surface area contributed by atoms with Gasteiger partial charge in [0.15, 0.2) is 0 Å². The molecule has 0 radical (unpaired) electrons. The molecule has 25 heavy (non-hydrogen) atoms. The Morgan fingerprint density at radius 1 is 1.16 bits per heavy atom. The standard InChI is InChI=1S/C19H20BrN3O2/c1-13-6-9-21-17(12-13)22-18(24)14-7-10-23(11-8-14)19(25)15-2-4-16(20)5-3-15/h2-6,9,12,14H,7-8,10-11H2,1H3,(H,21,22,24). The van der Waals surface area contributed by atoms with Gasteiger partial charge in [-0.1, -0.05) is 15.9 Å². The number of aryl methyl sites for hydroxylation is 1. The smallest absolute Gasteiger partial charge is 0.253 e. The largest absolute Gasteiger partial charge is 0.339 e. The zero-order valence-electron chi connectivity index (χ0n) is 14.0. The first kappa shape index (κ1) is 17.6. The van der Waals surface area contributed by atoms with E-state index < -0.39 is 0 Å². The average molecular weight is 402 g/mol. The molecule has 5 nitrogen and oxygen atoms in total. The van der Waals surface area contributed by atoms with E-state index in [1.165, 1.54) is 0 Å². The number of nitrogens with one attached hydrogen (secondary N) is 1. The molecule has 1 aliphatic rings. The minimum absolute atomic E-state index is 0.0196. The van der Waals surface area contributed by atoms with E-state index in [9.17, 15) is 9.59 Å². The fourth-order valence-electron chi connectivity index (χ4n) is 2.95. The van der Waals surface area contributed by atoms with Crippen molar-refractivity contribution in [1.29, 1.82) is 0 Å². The molecule has 3 rings (SSSR count). The normalized spacial score (nSPS) is 15.0. The third-order valence-electron chi connectivity index (χ3n) is 4.41. The third kappa shape index (κ3) is 4.45. The third-order valence-corrected chi connectivity index (χ3v) is 4.94. The highest BCUT2D eigenvalue weighted by molar-refractivity contribution is 9.10. The molecule has 6 heteroatoms. The van der Waals surface area contributed by atoms with Gasteiger partial charge in [0.2, 0.25) is 5.91 Å². The number of anilines is 1. The zero-order valence-corrected chi connectivity index (χ0v) is 15.6. The molecule has 130 valence electrons. The summed E-state index contributed by atoms with van der Waals surface area (Å²) in [6.07, 6.45) is 3.02. The number of hydrogen-bond acceptors (Lipinski definition) is 3. The van der Waals surface area contributed by atoms with Crippen LogP contribution in [-0.4, -0.2) is 34.8 Å². The topological polar surface area (TPSA) is 62.3 Å². The van der Waals surface area contributed by atoms with Crippen LogP contribution in [0, 0.1) is 12.8 Å². The number of benzene rings is 1. The number of pyridine rings is 1. The van der Waals surface area contributed by atoms with E-state index in [-0.39, 0.29) is 17.7 Å². The Labute approximate surface area is 155 Å². The van der Waals surface area contributed by atoms with Crippen molar-refractivity contribution >= 4 is 33.6 Å². The maximum Gasteiger partial charge on any atom is 0.253 e. The Morgan fingerprint density at radius 3 is 2.48 bits per heavy atom. The number of amides is 2. The van der Waals surface area contributed by atoms with Crippen molar-refractivity contribution < 1.29 is 9.59 Å². The number of aromatic nitrogens is 1. The number of hydrogen-bond donors (Lipinski definition) is 1. The number of likely N-dealkylation sites (tertiary alicyclic amines) is 1. The monoisotopic (exact) mass is 401 g/mol. The maximum atomic E-state index is 12.5. The summed E-state index contributed by atoms with van der Waals surface area (Å²) < 4.78 is 0.948. The van der Waals surface area contributed by atoms with E-state index in [4.69, 9.17) is 0 Å². The van der Waals surface area contributed by atoms with Crippen molar-refractivity contribution in [3.63, 3.8) is 0 Å². The Bertz CT molecular complexity index is 768. The maximum absolute atomic E-state index is 12.5. The molecule has 0 atom stereocenters. The van der Waals surface area contributed by atoms with Crippen LogP contribution in [0.5, 0.6) is 0 Å². The fourth-order valence-corrected chi connectivity index (χ4v) is 3.22. The van der Waals surface area contributed by atoms with Gasteiger partial charge < -0.3 is 10.2 Å². The van der Waals surface area contributed by atoms with Crippen molar-refractivity contribution in [3.05, 3.63) is 58.2 Å². The van der Waals surface area contributed by atoms with Gasteiger partial charge in [0.1, 0.15) is 5.82 Å². The van der Waals surface area contributed by atoms with Gasteiger partial charge in [0, 0.05) is 35.2 Å². The Morgan fingerprint density at radius 2 is 1.84 bits per heavy atom. The first-order valence-electron chi connectivity index (χ1n) is 8.31. The highest BCUT2D eigenvalue weighted by Crippen LogP contribution is 2.21. The molecule has 1 fully saturated rings. The second-order valence-corrected chi connectivity index (χ2v) is 7.20. The van der Waals surface area contributed by atoms with Crippen LogP contribution in [0.25, 0.3) is 0 Å². The van der Waals surface area contributed by atoms with E-state index in [1.807, 2.05) is 48.2 Å². The molecule has 0 bridgehead atoms. The number of nitrogens with zero attached hydrogens (tertiary/aromatic N) is 2. The van der Waals surface area contributed by atoms with E-state index in [2.05, 4.69) is 26.2 Å². The van der Waals surface area contributed by atoms with Gasteiger partial charge in [-0.25, -0.2) is 4.98 Å². The number of carbonyl (C=O) groups is 2. The molecule has 1 saturated heterocycles. The van der Waals surface area contributed by atoms with Crippen LogP contribution in [0.1, 0.15) is 28.8 Å². The lowest BCUT2D eigenvalue weighted by Crippen LogP contribution is -2.41. The lowest BCUT2D eigenvalue weighted by molar-refractivity contribution is -0.121. The second kappa shape index (κ2) is 7.78. The molecule has 2 heterocycles. The molecule has 1 aromatic heterocycles. The van der Waals surface area contributed by atoms with Crippen molar-refractivity contribution in [2.24, 2.45) is 5.92 Å². The highest BCUT2D eigenvalue weighted by atomic mass is 79.9. The van der Waals surface area contributed by atoms with Gasteiger partial charge in [-0.2, -0.15) is 0 Å². The van der Waals surface area contributed by atoms with Crippen LogP contribution < -0.4 is 5.32 Å². The molecule has 0 saturated carbocycles. The quantitative estimate of drug-likeness (QED) is 0.853. The lowest BCUT2D eigenvalue weighted by Gasteiger charge is -2.31. The molecule has 2 amide bonds. The van der Waals surface area contributed by atoms with Crippen LogP contribution in [0.4, 0.5) is 5.82 Å². The Balaban J connectivity index is 1.55. The van der Waals surface area contributed by atoms with Gasteiger partial charge in [0.05, 0.1) is 0 Å². The minimum atomic E-state index is -0.0868. The van der Waals surface area contributed by atoms with Gasteiger partial charge in [-0.15, -0.1) is 0 Å². The van der Waals surface area contributed by atoms with Crippen LogP contribution in [0.3, 0.4) is 0 Å². The van der Waals surface area contributed by atoms with Crippen LogP contribution >= 0.6 is 15.9 Å². The molecular weight excluding hydrogens is 382 g/mol. The van der Waals surface area contributed by atoms with E-state index >= 15 is 0 Å². The summed E-state index contributed by atoms with van der Waals surface area (Å²) in [6, 6.07) is 11.1. The summed E-state index contributed by atoms with van der Waals surface area (Å²) in [5, 5.41) is 2.88. The second-order valence-electron chi connectivity index (χ2n) is 6.28. The zero-order chi connectivity index (χ0) is 17.8. The number of piperidine rings is 1. The minimum Gasteiger partial charge on any atom is -0.339 e. The first-order valence-corrected chi connectivity index (χ1v) is 9.10. The molecule has 2 aromatic rings. The summed E-state index contributed by atoms with van der Waals surface area (Å²) in [6.45, 7) is 3.14. The molecule has 0 unspecified atom stereocenters. The molecule has 0 aliphatic carbocycles. The van der Waals surface area contributed by atoms with Crippen LogP contribution in [0.15, 0.2) is 47.1 Å². The van der Waals surface area contributed by atoms with Gasteiger partial charge >= 0.3 is 0 Å². The fraction of sp³-hybridized carbons (Fsp3) is 0.316. The molecular formula is C19H20BrN3O2. The molecule has 1 N–H and O–H groups in total.